The molecule has 2 aliphatic rings. The van der Waals surface area contributed by atoms with Crippen LogP contribution in [0.2, 0.25) is 0 Å². The van der Waals surface area contributed by atoms with Gasteiger partial charge in [0.05, 0.1) is 17.1 Å². The van der Waals surface area contributed by atoms with Crippen molar-refractivity contribution in [1.29, 1.82) is 0 Å². The predicted molar refractivity (Wildman–Crippen MR) is 144 cm³/mol. The van der Waals surface area contributed by atoms with Gasteiger partial charge in [0.15, 0.2) is 0 Å². The summed E-state index contributed by atoms with van der Waals surface area (Å²) in [7, 11) is -3.67. The first-order chi connectivity index (χ1) is 17.6. The summed E-state index contributed by atoms with van der Waals surface area (Å²) in [5.74, 6) is -0.114. The first-order valence-electron chi connectivity index (χ1n) is 13.3. The summed E-state index contributed by atoms with van der Waals surface area (Å²) < 4.78 is 34.7. The summed E-state index contributed by atoms with van der Waals surface area (Å²) in [5, 5.41) is 11.0. The minimum Gasteiger partial charge on any atom is -0.389 e. The number of hydrogen-bond acceptors (Lipinski definition) is 5. The number of rotatable bonds is 8. The molecule has 0 aliphatic carbocycles. The van der Waals surface area contributed by atoms with E-state index in [2.05, 4.69) is 0 Å². The molecule has 4 rings (SSSR count). The third kappa shape index (κ3) is 6.60. The van der Waals surface area contributed by atoms with Crippen LogP contribution in [0.5, 0.6) is 0 Å². The summed E-state index contributed by atoms with van der Waals surface area (Å²) in [5.41, 5.74) is 2.85. The number of sulfonamides is 1. The van der Waals surface area contributed by atoms with E-state index < -0.39 is 15.6 Å². The van der Waals surface area contributed by atoms with Gasteiger partial charge in [0.25, 0.3) is 0 Å². The number of carbonyl (C=O) groups excluding carboxylic acids is 1. The average Bonchev–Trinajstić information content (AvgIpc) is 2.84. The Morgan fingerprint density at radius 2 is 1.68 bits per heavy atom. The number of likely N-dealkylation sites (tertiary alicyclic amines) is 1. The molecule has 7 nitrogen and oxygen atoms in total. The van der Waals surface area contributed by atoms with Crippen LogP contribution >= 0.6 is 0 Å². The number of benzene rings is 2. The fourth-order valence-corrected chi connectivity index (χ4v) is 7.94. The molecule has 0 bridgehead atoms. The van der Waals surface area contributed by atoms with Crippen molar-refractivity contribution in [1.82, 2.24) is 9.21 Å². The Labute approximate surface area is 221 Å². The van der Waals surface area contributed by atoms with Crippen molar-refractivity contribution in [3.63, 3.8) is 0 Å². The van der Waals surface area contributed by atoms with Gasteiger partial charge in [0.2, 0.25) is 15.9 Å². The van der Waals surface area contributed by atoms with E-state index in [9.17, 15) is 18.3 Å². The number of piperidine rings is 2. The first-order valence-corrected chi connectivity index (χ1v) is 14.7. The monoisotopic (exact) mass is 528 g/mol. The fourth-order valence-electron chi connectivity index (χ4n) is 5.85. The van der Waals surface area contributed by atoms with Crippen LogP contribution in [0.25, 0.3) is 0 Å². The molecule has 2 aliphatic heterocycles. The standard InChI is InChI=1S/C29H40N2O5S/c1-22-17-23(2)28(24(3)18-22)37(34,35)31-14-8-7-11-26(31)20-36-21-27(32)30-15-12-29(33,13-16-30)19-25-9-5-4-6-10-25/h4-6,9-10,17-18,26,33H,7-8,11-16,19-21H2,1-3H3. The van der Waals surface area contributed by atoms with Crippen LogP contribution in [0.15, 0.2) is 47.4 Å². The van der Waals surface area contributed by atoms with Gasteiger partial charge in [-0.05, 0) is 63.1 Å². The maximum atomic E-state index is 13.7. The van der Waals surface area contributed by atoms with Gasteiger partial charge in [-0.1, -0.05) is 54.4 Å². The van der Waals surface area contributed by atoms with E-state index in [1.165, 1.54) is 0 Å². The van der Waals surface area contributed by atoms with E-state index in [1.807, 2.05) is 63.2 Å². The zero-order chi connectivity index (χ0) is 26.6. The van der Waals surface area contributed by atoms with Crippen LogP contribution in [-0.2, 0) is 26.0 Å². The van der Waals surface area contributed by atoms with Gasteiger partial charge in [-0.15, -0.1) is 0 Å². The lowest BCUT2D eigenvalue weighted by Crippen LogP contribution is -2.49. The lowest BCUT2D eigenvalue weighted by molar-refractivity contribution is -0.140. The Bertz CT molecular complexity index is 1170. The molecule has 202 valence electrons. The Morgan fingerprint density at radius 3 is 2.32 bits per heavy atom. The molecule has 2 saturated heterocycles. The largest absolute Gasteiger partial charge is 0.389 e. The van der Waals surface area contributed by atoms with Crippen molar-refractivity contribution in [3.05, 3.63) is 64.7 Å². The molecule has 2 fully saturated rings. The molecule has 1 unspecified atom stereocenters. The van der Waals surface area contributed by atoms with Gasteiger partial charge < -0.3 is 14.7 Å². The number of ether oxygens (including phenoxy) is 1. The molecule has 1 atom stereocenters. The molecule has 37 heavy (non-hydrogen) atoms. The van der Waals surface area contributed by atoms with Crippen molar-refractivity contribution in [2.75, 3.05) is 32.8 Å². The molecule has 2 aromatic rings. The second-order valence-corrected chi connectivity index (χ2v) is 12.6. The topological polar surface area (TPSA) is 87.2 Å². The van der Waals surface area contributed by atoms with Crippen LogP contribution in [0.4, 0.5) is 0 Å². The number of nitrogens with zero attached hydrogens (tertiary/aromatic N) is 2. The molecule has 8 heteroatoms. The van der Waals surface area contributed by atoms with E-state index in [0.29, 0.717) is 50.2 Å². The van der Waals surface area contributed by atoms with Gasteiger partial charge in [-0.25, -0.2) is 8.42 Å². The lowest BCUT2D eigenvalue weighted by atomic mass is 9.85. The van der Waals surface area contributed by atoms with Gasteiger partial charge in [0.1, 0.15) is 6.61 Å². The molecular formula is C29H40N2O5S. The number of carbonyl (C=O) groups is 1. The molecule has 1 amide bonds. The third-order valence-electron chi connectivity index (χ3n) is 7.70. The Balaban J connectivity index is 1.31. The molecular weight excluding hydrogens is 488 g/mol. The maximum absolute atomic E-state index is 13.7. The smallest absolute Gasteiger partial charge is 0.248 e. The summed E-state index contributed by atoms with van der Waals surface area (Å²) in [6.07, 6.45) is 4.10. The summed E-state index contributed by atoms with van der Waals surface area (Å²) in [6.45, 7) is 7.22. The SMILES string of the molecule is Cc1cc(C)c(S(=O)(=O)N2CCCCC2COCC(=O)N2CCC(O)(Cc3ccccc3)CC2)c(C)c1. The van der Waals surface area contributed by atoms with E-state index in [0.717, 1.165) is 35.1 Å². The van der Waals surface area contributed by atoms with Crippen molar-refractivity contribution >= 4 is 15.9 Å². The van der Waals surface area contributed by atoms with E-state index in [1.54, 1.807) is 9.21 Å². The Hall–Kier alpha value is -2.26. The van der Waals surface area contributed by atoms with E-state index >= 15 is 0 Å². The molecule has 0 saturated carbocycles. The highest BCUT2D eigenvalue weighted by Gasteiger charge is 2.36. The summed E-state index contributed by atoms with van der Waals surface area (Å²) in [4.78, 5) is 14.9. The summed E-state index contributed by atoms with van der Waals surface area (Å²) >= 11 is 0. The Kier molecular flexibility index (Phi) is 8.74. The second-order valence-electron chi connectivity index (χ2n) is 10.8. The molecule has 2 heterocycles. The minimum absolute atomic E-state index is 0.0793. The van der Waals surface area contributed by atoms with Crippen LogP contribution in [0, 0.1) is 20.8 Å². The highest BCUT2D eigenvalue weighted by Crippen LogP contribution is 2.30. The zero-order valence-electron chi connectivity index (χ0n) is 22.3. The second kappa shape index (κ2) is 11.6. The normalized spacial score (nSPS) is 20.6. The number of amides is 1. The highest BCUT2D eigenvalue weighted by atomic mass is 32.2. The number of hydrogen-bond donors (Lipinski definition) is 1. The zero-order valence-corrected chi connectivity index (χ0v) is 23.1. The van der Waals surface area contributed by atoms with E-state index in [-0.39, 0.29) is 25.2 Å². The van der Waals surface area contributed by atoms with Gasteiger partial charge in [0, 0.05) is 32.1 Å². The minimum atomic E-state index is -3.67. The average molecular weight is 529 g/mol. The van der Waals surface area contributed by atoms with Crippen molar-refractivity contribution < 1.29 is 23.1 Å². The fraction of sp³-hybridized carbons (Fsp3) is 0.552. The molecule has 0 spiro atoms. The quantitative estimate of drug-likeness (QED) is 0.564. The predicted octanol–water partition coefficient (Wildman–Crippen LogP) is 3.77. The molecule has 0 aromatic heterocycles. The van der Waals surface area contributed by atoms with Crippen LogP contribution in [0.1, 0.15) is 54.4 Å². The number of aryl methyl sites for hydroxylation is 3. The molecule has 0 radical (unpaired) electrons. The molecule has 2 aromatic carbocycles. The summed E-state index contributed by atoms with van der Waals surface area (Å²) in [6, 6.07) is 13.5. The van der Waals surface area contributed by atoms with Crippen LogP contribution in [0.3, 0.4) is 0 Å². The van der Waals surface area contributed by atoms with Gasteiger partial charge in [-0.3, -0.25) is 4.79 Å². The lowest BCUT2D eigenvalue weighted by Gasteiger charge is -2.38. The van der Waals surface area contributed by atoms with Gasteiger partial charge in [-0.2, -0.15) is 4.31 Å². The number of aliphatic hydroxyl groups is 1. The van der Waals surface area contributed by atoms with Crippen molar-refractivity contribution in [2.24, 2.45) is 0 Å². The van der Waals surface area contributed by atoms with Crippen LogP contribution in [-0.4, -0.2) is 73.1 Å². The van der Waals surface area contributed by atoms with E-state index in [4.69, 9.17) is 4.74 Å². The highest BCUT2D eigenvalue weighted by molar-refractivity contribution is 7.89. The van der Waals surface area contributed by atoms with Crippen LogP contribution < -0.4 is 0 Å². The van der Waals surface area contributed by atoms with Crippen molar-refractivity contribution in [2.45, 2.75) is 75.8 Å². The Morgan fingerprint density at radius 1 is 1.03 bits per heavy atom. The van der Waals surface area contributed by atoms with Crippen molar-refractivity contribution in [3.8, 4) is 0 Å². The molecule has 1 N–H and O–H groups in total. The van der Waals surface area contributed by atoms with Gasteiger partial charge >= 0.3 is 0 Å². The maximum Gasteiger partial charge on any atom is 0.248 e. The third-order valence-corrected chi connectivity index (χ3v) is 9.96. The first kappa shape index (κ1) is 27.8.